The lowest BCUT2D eigenvalue weighted by Crippen LogP contribution is -2.79. The maximum Gasteiger partial charge on any atom is 0.433 e. The number of nitrogens with zero attached hydrogens (tertiary/aromatic N) is 2. The highest BCUT2D eigenvalue weighted by Gasteiger charge is 2.42. The van der Waals surface area contributed by atoms with Crippen molar-refractivity contribution in [1.29, 1.82) is 5.41 Å². The number of anilines is 1. The first-order valence-electron chi connectivity index (χ1n) is 13.9. The van der Waals surface area contributed by atoms with Gasteiger partial charge >= 0.3 is 12.1 Å². The van der Waals surface area contributed by atoms with E-state index >= 15 is 4.39 Å². The Morgan fingerprint density at radius 1 is 0.952 bits per heavy atom. The Labute approximate surface area is 242 Å². The zero-order valence-corrected chi connectivity index (χ0v) is 23.3. The number of amides is 1. The van der Waals surface area contributed by atoms with Gasteiger partial charge in [0.15, 0.2) is 0 Å². The first kappa shape index (κ1) is 29.5. The van der Waals surface area contributed by atoms with Gasteiger partial charge in [-0.1, -0.05) is 24.3 Å². The second-order valence-electron chi connectivity index (χ2n) is 10.6. The van der Waals surface area contributed by atoms with Gasteiger partial charge in [0.25, 0.3) is 0 Å². The number of nitrogens with one attached hydrogen (secondary N) is 1. The minimum atomic E-state index is -4.93. The van der Waals surface area contributed by atoms with Crippen molar-refractivity contribution >= 4 is 23.0 Å². The summed E-state index contributed by atoms with van der Waals surface area (Å²) < 4.78 is 61.8. The van der Waals surface area contributed by atoms with Crippen molar-refractivity contribution in [3.63, 3.8) is 0 Å². The fourth-order valence-corrected chi connectivity index (χ4v) is 5.55. The van der Waals surface area contributed by atoms with Gasteiger partial charge in [0.05, 0.1) is 12.8 Å². The molecular formula is C32H33F4N4O2+. The minimum absolute atomic E-state index is 0.00894. The van der Waals surface area contributed by atoms with Gasteiger partial charge in [-0.3, -0.25) is 20.4 Å². The van der Waals surface area contributed by atoms with Gasteiger partial charge < -0.3 is 9.64 Å². The molecular weight excluding hydrogens is 548 g/mol. The molecule has 2 aliphatic heterocycles. The van der Waals surface area contributed by atoms with E-state index in [1.165, 1.54) is 42.3 Å². The highest BCUT2D eigenvalue weighted by Crippen LogP contribution is 2.32. The van der Waals surface area contributed by atoms with Crippen LogP contribution < -0.4 is 15.0 Å². The number of halogens is 4. The number of hydrogen-bond acceptors (Lipinski definition) is 4. The molecule has 1 saturated heterocycles. The lowest BCUT2D eigenvalue weighted by molar-refractivity contribution is -0.512. The molecule has 0 saturated carbocycles. The largest absolute Gasteiger partial charge is 0.497 e. The number of carbonyl (C=O) groups is 1. The molecule has 1 amide bonds. The molecule has 0 spiro atoms. The Bertz CT molecular complexity index is 1500. The molecule has 0 atom stereocenters. The van der Waals surface area contributed by atoms with Crippen LogP contribution in [-0.2, 0) is 11.3 Å². The first-order chi connectivity index (χ1) is 20.1. The van der Waals surface area contributed by atoms with Crippen molar-refractivity contribution in [2.24, 2.45) is 0 Å². The molecule has 6 nitrogen and oxygen atoms in total. The second kappa shape index (κ2) is 12.5. The normalized spacial score (nSPS) is 16.6. The van der Waals surface area contributed by atoms with E-state index < -0.39 is 29.2 Å². The van der Waals surface area contributed by atoms with Crippen LogP contribution in [0.4, 0.5) is 28.9 Å². The molecule has 42 heavy (non-hydrogen) atoms. The number of hydrogen-bond donors (Lipinski definition) is 2. The molecule has 3 aromatic carbocycles. The van der Waals surface area contributed by atoms with E-state index in [4.69, 9.17) is 10.1 Å². The summed E-state index contributed by atoms with van der Waals surface area (Å²) in [6.07, 6.45) is -2.56. The Balaban J connectivity index is 1.45. The number of rotatable bonds is 8. The zero-order valence-electron chi connectivity index (χ0n) is 23.3. The summed E-state index contributed by atoms with van der Waals surface area (Å²) in [6.45, 7) is 2.96. The van der Waals surface area contributed by atoms with E-state index in [1.54, 1.807) is 30.3 Å². The van der Waals surface area contributed by atoms with Crippen LogP contribution in [0.15, 0.2) is 78.0 Å². The molecule has 0 aliphatic carbocycles. The van der Waals surface area contributed by atoms with E-state index in [2.05, 4.69) is 4.90 Å². The molecule has 2 aliphatic rings. The van der Waals surface area contributed by atoms with E-state index in [-0.39, 0.29) is 30.8 Å². The van der Waals surface area contributed by atoms with Crippen molar-refractivity contribution in [1.82, 2.24) is 4.90 Å². The number of alkyl halides is 3. The van der Waals surface area contributed by atoms with Gasteiger partial charge in [-0.2, -0.15) is 13.2 Å². The average molecular weight is 582 g/mol. The first-order valence-corrected chi connectivity index (χ1v) is 13.9. The number of quaternary nitrogens is 1. The van der Waals surface area contributed by atoms with Crippen LogP contribution >= 0.6 is 0 Å². The van der Waals surface area contributed by atoms with E-state index in [1.807, 2.05) is 24.3 Å². The molecule has 220 valence electrons. The molecule has 10 heteroatoms. The third-order valence-electron chi connectivity index (χ3n) is 7.72. The highest BCUT2D eigenvalue weighted by atomic mass is 19.4. The number of carbonyl (C=O) groups excluding carboxylic acids is 1. The maximum atomic E-state index is 15.7. The van der Waals surface area contributed by atoms with Crippen molar-refractivity contribution in [3.05, 3.63) is 89.4 Å². The molecule has 3 N–H and O–H groups in total. The minimum Gasteiger partial charge on any atom is -0.497 e. The fraction of sp³-hybridized carbons (Fsp3) is 0.312. The number of benzene rings is 3. The molecule has 0 unspecified atom stereocenters. The zero-order chi connectivity index (χ0) is 29.9. The summed E-state index contributed by atoms with van der Waals surface area (Å²) in [4.78, 5) is 17.4. The van der Waals surface area contributed by atoms with Crippen molar-refractivity contribution in [2.75, 3.05) is 31.6 Å². The monoisotopic (exact) mass is 581 g/mol. The Kier molecular flexibility index (Phi) is 8.74. The summed E-state index contributed by atoms with van der Waals surface area (Å²) >= 11 is 0. The maximum absolute atomic E-state index is 15.7. The van der Waals surface area contributed by atoms with Gasteiger partial charge in [-0.15, -0.1) is 0 Å². The topological polar surface area (TPSA) is 73.2 Å². The van der Waals surface area contributed by atoms with Crippen molar-refractivity contribution in [3.8, 4) is 16.9 Å². The van der Waals surface area contributed by atoms with E-state index in [9.17, 15) is 18.0 Å². The lowest BCUT2D eigenvalue weighted by atomic mass is 10.0. The summed E-state index contributed by atoms with van der Waals surface area (Å²) in [5.74, 6) is -0.891. The molecule has 0 bridgehead atoms. The van der Waals surface area contributed by atoms with E-state index in [0.29, 0.717) is 17.0 Å². The summed E-state index contributed by atoms with van der Waals surface area (Å²) in [5, 5.41) is 9.16. The second-order valence-corrected chi connectivity index (χ2v) is 10.6. The van der Waals surface area contributed by atoms with Crippen LogP contribution in [0.3, 0.4) is 0 Å². The van der Waals surface area contributed by atoms with Gasteiger partial charge in [-0.05, 0) is 85.8 Å². The smallest absolute Gasteiger partial charge is 0.433 e. The molecule has 0 aromatic heterocycles. The number of allylic oxidation sites excluding steroid dienone is 1. The molecule has 5 rings (SSSR count). The molecule has 3 aromatic rings. The predicted molar refractivity (Wildman–Crippen MR) is 153 cm³/mol. The van der Waals surface area contributed by atoms with E-state index in [0.717, 1.165) is 30.8 Å². The van der Waals surface area contributed by atoms with Crippen molar-refractivity contribution < 1.29 is 32.4 Å². The Hall–Kier alpha value is -4.02. The molecule has 1 fully saturated rings. The van der Waals surface area contributed by atoms with Crippen LogP contribution in [0.2, 0.25) is 0 Å². The van der Waals surface area contributed by atoms with Crippen LogP contribution in [0.1, 0.15) is 31.2 Å². The standard InChI is InChI=1S/C32H32F4N4O2/c1-42-25-12-10-24(11-13-25)38-29-26(30(37)32(34,35)36)8-5-17-40(31(29)41)28-14-9-23(19-27(28)33)22-7-4-6-21(18-22)20-39-15-2-3-16-39/h4,6-7,9-14,18-19,37-38H,2-3,5,8,15-17,20H2,1H3/p+1. The summed E-state index contributed by atoms with van der Waals surface area (Å²) in [7, 11) is 1.49. The Morgan fingerprint density at radius 2 is 1.67 bits per heavy atom. The Morgan fingerprint density at radius 3 is 2.33 bits per heavy atom. The summed E-state index contributed by atoms with van der Waals surface area (Å²) in [6, 6.07) is 19.0. The SMILES string of the molecule is COc1ccc([NH2+]C2=C(C(=N)C(F)(F)F)CCCN(c3ccc(-c4cccc(CN5CCCC5)c4)cc3F)C2=O)cc1. The number of ether oxygens (including phenoxy) is 1. The third kappa shape index (κ3) is 6.55. The lowest BCUT2D eigenvalue weighted by Gasteiger charge is -2.22. The summed E-state index contributed by atoms with van der Waals surface area (Å²) in [5.41, 5.74) is 0.800. The van der Waals surface area contributed by atoms with Gasteiger partial charge in [0.2, 0.25) is 5.70 Å². The predicted octanol–water partition coefficient (Wildman–Crippen LogP) is 5.96. The number of likely N-dealkylation sites (tertiary alicyclic amines) is 1. The number of nitrogens with two attached hydrogens (primary N) is 1. The van der Waals surface area contributed by atoms with Crippen molar-refractivity contribution in [2.45, 2.75) is 38.4 Å². The van der Waals surface area contributed by atoms with Gasteiger partial charge in [0, 0.05) is 30.8 Å². The average Bonchev–Trinajstić information content (AvgIpc) is 3.43. The highest BCUT2D eigenvalue weighted by molar-refractivity contribution is 6.12. The van der Waals surface area contributed by atoms with Gasteiger partial charge in [-0.25, -0.2) is 4.39 Å². The van der Waals surface area contributed by atoms with Crippen LogP contribution in [-0.4, -0.2) is 49.4 Å². The fourth-order valence-electron chi connectivity index (χ4n) is 5.55. The van der Waals surface area contributed by atoms with Crippen LogP contribution in [0, 0.1) is 11.2 Å². The molecule has 2 heterocycles. The third-order valence-corrected chi connectivity index (χ3v) is 7.72. The molecule has 0 radical (unpaired) electrons. The number of methoxy groups -OCH3 is 1. The quantitative estimate of drug-likeness (QED) is 0.196. The van der Waals surface area contributed by atoms with Crippen LogP contribution in [0.25, 0.3) is 11.1 Å². The van der Waals surface area contributed by atoms with Crippen LogP contribution in [0.5, 0.6) is 5.75 Å². The van der Waals surface area contributed by atoms with Gasteiger partial charge in [0.1, 0.15) is 23.0 Å².